The zero-order valence-electron chi connectivity index (χ0n) is 15.8. The maximum Gasteiger partial charge on any atom is 0.339 e. The van der Waals surface area contributed by atoms with Gasteiger partial charge in [0.2, 0.25) is 5.91 Å². The molecule has 0 bridgehead atoms. The quantitative estimate of drug-likeness (QED) is 0.612. The number of hydrogen-bond acceptors (Lipinski definition) is 6. The molecule has 1 aliphatic rings. The lowest BCUT2D eigenvalue weighted by Gasteiger charge is -2.18. The first-order valence-corrected chi connectivity index (χ1v) is 9.99. The summed E-state index contributed by atoms with van der Waals surface area (Å²) in [4.78, 5) is 29.2. The first-order chi connectivity index (χ1) is 13.5. The lowest BCUT2D eigenvalue weighted by molar-refractivity contribution is -0.115. The predicted octanol–water partition coefficient (Wildman–Crippen LogP) is 3.74. The third kappa shape index (κ3) is 4.34. The standard InChI is InChI=1S/C21H21N3O3S/c1-13(19(25)23-18-10-6-4-8-16(18)21(26)27-2)28-20-15(12-22)11-14-7-3-5-9-17(14)24-20/h4,6,8,10-11,13H,3,5,7,9H2,1-2H3,(H,23,25). The van der Waals surface area contributed by atoms with Gasteiger partial charge in [-0.2, -0.15) is 5.26 Å². The number of para-hydroxylation sites is 1. The van der Waals surface area contributed by atoms with Crippen LogP contribution in [0.1, 0.15) is 46.9 Å². The normalized spacial score (nSPS) is 13.8. The number of rotatable bonds is 5. The van der Waals surface area contributed by atoms with Gasteiger partial charge in [0.1, 0.15) is 11.1 Å². The second kappa shape index (κ2) is 8.89. The van der Waals surface area contributed by atoms with Crippen molar-refractivity contribution in [2.24, 2.45) is 0 Å². The number of nitriles is 1. The zero-order chi connectivity index (χ0) is 20.1. The van der Waals surface area contributed by atoms with Crippen LogP contribution in [0.15, 0.2) is 35.4 Å². The highest BCUT2D eigenvalue weighted by atomic mass is 32.2. The van der Waals surface area contributed by atoms with Crippen molar-refractivity contribution in [2.45, 2.75) is 42.9 Å². The van der Waals surface area contributed by atoms with Gasteiger partial charge in [-0.15, -0.1) is 0 Å². The maximum absolute atomic E-state index is 12.7. The Bertz CT molecular complexity index is 952. The van der Waals surface area contributed by atoms with E-state index in [0.717, 1.165) is 36.9 Å². The van der Waals surface area contributed by atoms with Crippen molar-refractivity contribution in [3.63, 3.8) is 0 Å². The summed E-state index contributed by atoms with van der Waals surface area (Å²) in [5.74, 6) is -0.788. The Hall–Kier alpha value is -2.85. The van der Waals surface area contributed by atoms with Crippen LogP contribution in [0.4, 0.5) is 5.69 Å². The molecule has 0 radical (unpaired) electrons. The largest absolute Gasteiger partial charge is 0.465 e. The van der Waals surface area contributed by atoms with E-state index >= 15 is 0 Å². The van der Waals surface area contributed by atoms with Gasteiger partial charge < -0.3 is 10.1 Å². The molecule has 0 fully saturated rings. The monoisotopic (exact) mass is 395 g/mol. The van der Waals surface area contributed by atoms with Crippen molar-refractivity contribution in [3.05, 3.63) is 52.7 Å². The van der Waals surface area contributed by atoms with E-state index in [1.54, 1.807) is 31.2 Å². The predicted molar refractivity (Wildman–Crippen MR) is 107 cm³/mol. The van der Waals surface area contributed by atoms with Crippen LogP contribution >= 0.6 is 11.8 Å². The van der Waals surface area contributed by atoms with Crippen LogP contribution in [0, 0.1) is 11.3 Å². The van der Waals surface area contributed by atoms with E-state index < -0.39 is 11.2 Å². The van der Waals surface area contributed by atoms with E-state index in [4.69, 9.17) is 4.74 Å². The average molecular weight is 395 g/mol. The number of fused-ring (bicyclic) bond motifs is 1. The third-order valence-electron chi connectivity index (χ3n) is 4.63. The molecule has 1 N–H and O–H groups in total. The Kier molecular flexibility index (Phi) is 6.32. The molecular formula is C21H21N3O3S. The number of ether oxygens (including phenoxy) is 1. The number of anilines is 1. The van der Waals surface area contributed by atoms with Crippen molar-refractivity contribution >= 4 is 29.3 Å². The van der Waals surface area contributed by atoms with Gasteiger partial charge in [0.05, 0.1) is 29.2 Å². The average Bonchev–Trinajstić information content (AvgIpc) is 2.72. The molecule has 7 heteroatoms. The molecule has 1 aromatic heterocycles. The summed E-state index contributed by atoms with van der Waals surface area (Å²) in [6.45, 7) is 1.75. The zero-order valence-corrected chi connectivity index (χ0v) is 16.6. The Balaban J connectivity index is 1.77. The highest BCUT2D eigenvalue weighted by Gasteiger charge is 2.22. The number of aryl methyl sites for hydroxylation is 2. The summed E-state index contributed by atoms with van der Waals surface area (Å²) in [6, 6.07) is 10.8. The summed E-state index contributed by atoms with van der Waals surface area (Å²) in [5.41, 5.74) is 3.35. The Morgan fingerprint density at radius 2 is 2.04 bits per heavy atom. The van der Waals surface area contributed by atoms with Crippen LogP contribution < -0.4 is 5.32 Å². The molecular weight excluding hydrogens is 374 g/mol. The number of thioether (sulfide) groups is 1. The number of benzene rings is 1. The second-order valence-electron chi connectivity index (χ2n) is 6.55. The van der Waals surface area contributed by atoms with Gasteiger partial charge in [0.15, 0.2) is 0 Å². The number of amides is 1. The number of hydrogen-bond donors (Lipinski definition) is 1. The molecule has 2 aromatic rings. The molecule has 0 aliphatic heterocycles. The molecule has 144 valence electrons. The molecule has 28 heavy (non-hydrogen) atoms. The number of aromatic nitrogens is 1. The minimum absolute atomic E-state index is 0.273. The van der Waals surface area contributed by atoms with Crippen LogP contribution in [-0.2, 0) is 22.4 Å². The van der Waals surface area contributed by atoms with Gasteiger partial charge >= 0.3 is 5.97 Å². The van der Waals surface area contributed by atoms with Crippen molar-refractivity contribution in [3.8, 4) is 6.07 Å². The van der Waals surface area contributed by atoms with E-state index in [-0.39, 0.29) is 5.91 Å². The molecule has 6 nitrogen and oxygen atoms in total. The van der Waals surface area contributed by atoms with Gasteiger partial charge in [0.25, 0.3) is 0 Å². The van der Waals surface area contributed by atoms with Gasteiger partial charge in [-0.1, -0.05) is 23.9 Å². The van der Waals surface area contributed by atoms with Gasteiger partial charge in [-0.3, -0.25) is 4.79 Å². The van der Waals surface area contributed by atoms with E-state index in [1.807, 2.05) is 6.07 Å². The summed E-state index contributed by atoms with van der Waals surface area (Å²) in [5, 5.41) is 12.3. The fraction of sp³-hybridized carbons (Fsp3) is 0.333. The molecule has 0 spiro atoms. The summed E-state index contributed by atoms with van der Waals surface area (Å²) in [6.07, 6.45) is 4.06. The summed E-state index contributed by atoms with van der Waals surface area (Å²) >= 11 is 1.25. The number of methoxy groups -OCH3 is 1. The topological polar surface area (TPSA) is 92.1 Å². The van der Waals surface area contributed by atoms with E-state index in [0.29, 0.717) is 21.8 Å². The maximum atomic E-state index is 12.7. The Labute approximate surface area is 168 Å². The van der Waals surface area contributed by atoms with Gasteiger partial charge in [-0.25, -0.2) is 9.78 Å². The molecule has 1 aliphatic carbocycles. The number of esters is 1. The molecule has 3 rings (SSSR count). The highest BCUT2D eigenvalue weighted by molar-refractivity contribution is 8.00. The van der Waals surface area contributed by atoms with Crippen LogP contribution in [-0.4, -0.2) is 29.2 Å². The minimum Gasteiger partial charge on any atom is -0.465 e. The second-order valence-corrected chi connectivity index (χ2v) is 7.88. The lowest BCUT2D eigenvalue weighted by Crippen LogP contribution is -2.24. The SMILES string of the molecule is COC(=O)c1ccccc1NC(=O)C(C)Sc1nc2c(cc1C#N)CCCC2. The number of pyridine rings is 1. The van der Waals surface area contributed by atoms with Crippen LogP contribution in [0.3, 0.4) is 0 Å². The van der Waals surface area contributed by atoms with E-state index in [2.05, 4.69) is 16.4 Å². The molecule has 1 aromatic carbocycles. The highest BCUT2D eigenvalue weighted by Crippen LogP contribution is 2.30. The number of carbonyl (C=O) groups excluding carboxylic acids is 2. The van der Waals surface area contributed by atoms with Crippen molar-refractivity contribution in [1.82, 2.24) is 4.98 Å². The smallest absolute Gasteiger partial charge is 0.339 e. The Morgan fingerprint density at radius 1 is 1.29 bits per heavy atom. The first-order valence-electron chi connectivity index (χ1n) is 9.11. The van der Waals surface area contributed by atoms with E-state index in [9.17, 15) is 14.9 Å². The van der Waals surface area contributed by atoms with E-state index in [1.165, 1.54) is 18.9 Å². The minimum atomic E-state index is -0.515. The van der Waals surface area contributed by atoms with Crippen LogP contribution in [0.2, 0.25) is 0 Å². The first kappa shape index (κ1) is 19.9. The van der Waals surface area contributed by atoms with Crippen LogP contribution in [0.25, 0.3) is 0 Å². The van der Waals surface area contributed by atoms with Crippen molar-refractivity contribution < 1.29 is 14.3 Å². The fourth-order valence-electron chi connectivity index (χ4n) is 3.12. The van der Waals surface area contributed by atoms with Crippen molar-refractivity contribution in [2.75, 3.05) is 12.4 Å². The number of carbonyl (C=O) groups is 2. The molecule has 0 saturated heterocycles. The Morgan fingerprint density at radius 3 is 2.79 bits per heavy atom. The number of nitrogens with one attached hydrogen (secondary N) is 1. The molecule has 1 heterocycles. The van der Waals surface area contributed by atoms with Crippen LogP contribution in [0.5, 0.6) is 0 Å². The number of nitrogens with zero attached hydrogens (tertiary/aromatic N) is 2. The summed E-state index contributed by atoms with van der Waals surface area (Å²) < 4.78 is 4.76. The lowest BCUT2D eigenvalue weighted by atomic mass is 9.95. The fourth-order valence-corrected chi connectivity index (χ4v) is 4.02. The van der Waals surface area contributed by atoms with Gasteiger partial charge in [0, 0.05) is 5.69 Å². The molecule has 1 atom stereocenters. The van der Waals surface area contributed by atoms with Crippen molar-refractivity contribution in [1.29, 1.82) is 5.26 Å². The van der Waals surface area contributed by atoms with Gasteiger partial charge in [-0.05, 0) is 56.4 Å². The third-order valence-corrected chi connectivity index (χ3v) is 5.74. The molecule has 0 saturated carbocycles. The molecule has 1 amide bonds. The summed E-state index contributed by atoms with van der Waals surface area (Å²) in [7, 11) is 1.30. The molecule has 1 unspecified atom stereocenters.